The lowest BCUT2D eigenvalue weighted by atomic mass is 9.96. The van der Waals surface area contributed by atoms with Gasteiger partial charge in [-0.2, -0.15) is 0 Å². The van der Waals surface area contributed by atoms with E-state index in [1.54, 1.807) is 30.3 Å². The number of anilines is 1. The molecule has 1 amide bonds. The van der Waals surface area contributed by atoms with Crippen LogP contribution >= 0.6 is 0 Å². The third kappa shape index (κ3) is 5.75. The van der Waals surface area contributed by atoms with E-state index in [0.717, 1.165) is 0 Å². The maximum atomic E-state index is 11.9. The molecule has 0 radical (unpaired) electrons. The predicted molar refractivity (Wildman–Crippen MR) is 109 cm³/mol. The van der Waals surface area contributed by atoms with Crippen molar-refractivity contribution in [1.29, 1.82) is 0 Å². The average molecular weight is 473 g/mol. The number of nitrogens with one attached hydrogen (secondary N) is 2. The van der Waals surface area contributed by atoms with Crippen LogP contribution in [0.3, 0.4) is 0 Å². The van der Waals surface area contributed by atoms with E-state index in [1.165, 1.54) is 0 Å². The molecule has 3 rings (SSSR count). The molecule has 2 aliphatic heterocycles. The molecule has 0 spiro atoms. The van der Waals surface area contributed by atoms with Crippen molar-refractivity contribution in [3.63, 3.8) is 0 Å². The molecule has 2 aliphatic rings. The lowest BCUT2D eigenvalue weighted by Gasteiger charge is -2.43. The van der Waals surface area contributed by atoms with Crippen molar-refractivity contribution in [3.05, 3.63) is 30.3 Å². The molecule has 0 aromatic heterocycles. The first-order chi connectivity index (χ1) is 15.8. The highest BCUT2D eigenvalue weighted by Crippen LogP contribution is 2.27. The van der Waals surface area contributed by atoms with Gasteiger partial charge < -0.3 is 50.1 Å². The summed E-state index contributed by atoms with van der Waals surface area (Å²) in [6.45, 7) is -1.38. The average Bonchev–Trinajstić information content (AvgIpc) is 2.82. The smallest absolute Gasteiger partial charge is 0.394 e. The number of amidine groups is 1. The summed E-state index contributed by atoms with van der Waals surface area (Å²) in [6.07, 6.45) is -13.9. The number of hydrogen-bond donors (Lipinski definition) is 9. The summed E-state index contributed by atoms with van der Waals surface area (Å²) in [6, 6.07) is 7.15. The fraction of sp³-hybridized carbons (Fsp3) is 0.579. The van der Waals surface area contributed by atoms with E-state index in [2.05, 4.69) is 15.8 Å². The zero-order chi connectivity index (χ0) is 24.1. The standard InChI is InChI=1S/C19H27N3O11/c23-6-9-16(32-18-15(29)12(26)11(25)10(7-24)31-18)13(27)14(28)17(21-9)22-33-19(30)20-8-4-2-1-3-5-8/h1-5,9-16,18,23-29H,6-7H2,(H,20,30)(H,21,22)/t9-,10-,11-,12+,13-,14-,15-,16-,18+/m1/s1. The van der Waals surface area contributed by atoms with Gasteiger partial charge in [-0.05, 0) is 12.1 Å². The summed E-state index contributed by atoms with van der Waals surface area (Å²) in [7, 11) is 0. The van der Waals surface area contributed by atoms with Gasteiger partial charge in [0.05, 0.1) is 13.2 Å². The minimum absolute atomic E-state index is 0.376. The van der Waals surface area contributed by atoms with Crippen LogP contribution in [0.1, 0.15) is 0 Å². The van der Waals surface area contributed by atoms with Gasteiger partial charge in [0.2, 0.25) is 0 Å². The number of hydrogen-bond acceptors (Lipinski definition) is 13. The van der Waals surface area contributed by atoms with Crippen LogP contribution in [0.25, 0.3) is 0 Å². The minimum Gasteiger partial charge on any atom is -0.394 e. The van der Waals surface area contributed by atoms with E-state index in [4.69, 9.17) is 14.3 Å². The van der Waals surface area contributed by atoms with Crippen LogP contribution in [0.4, 0.5) is 10.5 Å². The number of para-hydroxylation sites is 1. The normalized spacial score (nSPS) is 36.6. The van der Waals surface area contributed by atoms with Gasteiger partial charge in [-0.3, -0.25) is 10.3 Å². The van der Waals surface area contributed by atoms with Gasteiger partial charge in [0.15, 0.2) is 12.1 Å². The Morgan fingerprint density at radius 1 is 0.970 bits per heavy atom. The number of hydroxylamine groups is 1. The minimum atomic E-state index is -1.76. The largest absolute Gasteiger partial charge is 0.435 e. The van der Waals surface area contributed by atoms with E-state index in [1.807, 2.05) is 0 Å². The number of ether oxygens (including phenoxy) is 2. The maximum absolute atomic E-state index is 11.9. The van der Waals surface area contributed by atoms with E-state index in [9.17, 15) is 40.5 Å². The lowest BCUT2D eigenvalue weighted by molar-refractivity contribution is -0.321. The molecule has 9 N–H and O–H groups in total. The first-order valence-electron chi connectivity index (χ1n) is 10.1. The third-order valence-electron chi connectivity index (χ3n) is 5.22. The second kappa shape index (κ2) is 11.1. The van der Waals surface area contributed by atoms with Crippen molar-refractivity contribution in [3.8, 4) is 0 Å². The Labute approximate surface area is 187 Å². The molecule has 1 aromatic rings. The van der Waals surface area contributed by atoms with Crippen molar-refractivity contribution in [1.82, 2.24) is 5.48 Å². The van der Waals surface area contributed by atoms with Crippen LogP contribution in [0.15, 0.2) is 35.3 Å². The van der Waals surface area contributed by atoms with Crippen molar-refractivity contribution in [2.75, 3.05) is 18.5 Å². The summed E-state index contributed by atoms with van der Waals surface area (Å²) >= 11 is 0. The number of amides is 1. The Bertz CT molecular complexity index is 811. The maximum Gasteiger partial charge on any atom is 0.435 e. The molecule has 14 heteroatoms. The summed E-state index contributed by atoms with van der Waals surface area (Å²) in [5.41, 5.74) is 2.56. The number of nitrogens with zero attached hydrogens (tertiary/aromatic N) is 1. The fourth-order valence-electron chi connectivity index (χ4n) is 3.40. The van der Waals surface area contributed by atoms with Crippen LogP contribution < -0.4 is 10.8 Å². The van der Waals surface area contributed by atoms with Crippen molar-refractivity contribution in [2.24, 2.45) is 4.99 Å². The molecule has 0 unspecified atom stereocenters. The lowest BCUT2D eigenvalue weighted by Crippen LogP contribution is -2.63. The molecule has 0 aliphatic carbocycles. The Hall–Kier alpha value is -2.40. The van der Waals surface area contributed by atoms with Gasteiger partial charge in [0.1, 0.15) is 48.8 Å². The van der Waals surface area contributed by atoms with Crippen LogP contribution in [-0.2, 0) is 14.3 Å². The number of rotatable bonds is 5. The topological polar surface area (TPSA) is 223 Å². The summed E-state index contributed by atoms with van der Waals surface area (Å²) in [5.74, 6) is -0.376. The number of aliphatic hydroxyl groups is 7. The van der Waals surface area contributed by atoms with E-state index >= 15 is 0 Å². The van der Waals surface area contributed by atoms with Crippen LogP contribution in [-0.4, -0.2) is 116 Å². The first kappa shape index (κ1) is 25.2. The van der Waals surface area contributed by atoms with Crippen LogP contribution in [0.5, 0.6) is 0 Å². The third-order valence-corrected chi connectivity index (χ3v) is 5.22. The molecular formula is C19H27N3O11. The highest BCUT2D eigenvalue weighted by molar-refractivity contribution is 5.90. The molecule has 184 valence electrons. The van der Waals surface area contributed by atoms with E-state index in [-0.39, 0.29) is 5.84 Å². The van der Waals surface area contributed by atoms with Crippen LogP contribution in [0.2, 0.25) is 0 Å². The number of carbonyl (C=O) groups is 1. The van der Waals surface area contributed by atoms with Crippen molar-refractivity contribution in [2.45, 2.75) is 55.1 Å². The second-order valence-electron chi connectivity index (χ2n) is 7.48. The quantitative estimate of drug-likeness (QED) is 0.189. The van der Waals surface area contributed by atoms with E-state index in [0.29, 0.717) is 5.69 Å². The Morgan fingerprint density at radius 3 is 2.30 bits per heavy atom. The molecule has 1 aromatic carbocycles. The molecule has 0 bridgehead atoms. The molecule has 0 saturated carbocycles. The van der Waals surface area contributed by atoms with Gasteiger partial charge in [-0.25, -0.2) is 10.3 Å². The number of carbonyl (C=O) groups excluding carboxylic acids is 1. The zero-order valence-corrected chi connectivity index (χ0v) is 17.2. The molecule has 2 heterocycles. The summed E-state index contributed by atoms with van der Waals surface area (Å²) < 4.78 is 10.7. The van der Waals surface area contributed by atoms with E-state index < -0.39 is 74.4 Å². The predicted octanol–water partition coefficient (Wildman–Crippen LogP) is -3.58. The summed E-state index contributed by atoms with van der Waals surface area (Å²) in [5, 5.41) is 72.1. The number of aliphatic hydroxyl groups excluding tert-OH is 7. The first-order valence-corrected chi connectivity index (χ1v) is 10.1. The Kier molecular flexibility index (Phi) is 8.52. The van der Waals surface area contributed by atoms with Gasteiger partial charge in [-0.1, -0.05) is 18.2 Å². The molecular weight excluding hydrogens is 446 g/mol. The summed E-state index contributed by atoms with van der Waals surface area (Å²) in [4.78, 5) is 20.6. The molecule has 1 fully saturated rings. The van der Waals surface area contributed by atoms with Crippen LogP contribution in [0, 0.1) is 0 Å². The number of aliphatic imine (C=N–C) groups is 1. The second-order valence-corrected chi connectivity index (χ2v) is 7.48. The molecule has 33 heavy (non-hydrogen) atoms. The zero-order valence-electron chi connectivity index (χ0n) is 17.2. The number of benzene rings is 1. The van der Waals surface area contributed by atoms with Gasteiger partial charge in [-0.15, -0.1) is 0 Å². The van der Waals surface area contributed by atoms with Crippen molar-refractivity contribution >= 4 is 17.6 Å². The SMILES string of the molecule is O=C(Nc1ccccc1)ONC1=N[C@H](CO)[C@@H](O[C@@H]2O[C@H](CO)[C@@H](O)[C@H](O)[C@H]2O)[C@H](O)[C@H]1O. The molecule has 9 atom stereocenters. The fourth-order valence-corrected chi connectivity index (χ4v) is 3.40. The highest BCUT2D eigenvalue weighted by atomic mass is 16.7. The van der Waals surface area contributed by atoms with Gasteiger partial charge in [0, 0.05) is 5.69 Å². The van der Waals surface area contributed by atoms with Gasteiger partial charge >= 0.3 is 6.09 Å². The van der Waals surface area contributed by atoms with Gasteiger partial charge in [0.25, 0.3) is 0 Å². The highest BCUT2D eigenvalue weighted by Gasteiger charge is 2.48. The molecule has 14 nitrogen and oxygen atoms in total. The van der Waals surface area contributed by atoms with Crippen molar-refractivity contribution < 1.29 is 54.9 Å². The monoisotopic (exact) mass is 473 g/mol. The molecule has 1 saturated heterocycles. The Balaban J connectivity index is 1.65. The Morgan fingerprint density at radius 2 is 1.67 bits per heavy atom.